The Morgan fingerprint density at radius 1 is 1.37 bits per heavy atom. The summed E-state index contributed by atoms with van der Waals surface area (Å²) in [6.45, 7) is 1.10. The van der Waals surface area contributed by atoms with E-state index in [9.17, 15) is 14.4 Å². The third kappa shape index (κ3) is 4.92. The van der Waals surface area contributed by atoms with Gasteiger partial charge in [-0.3, -0.25) is 10.1 Å². The molecule has 0 atom stereocenters. The molecule has 102 valence electrons. The minimum Gasteiger partial charge on any atom is -0.452 e. The van der Waals surface area contributed by atoms with Crippen molar-refractivity contribution in [1.82, 2.24) is 10.3 Å². The lowest BCUT2D eigenvalue weighted by Gasteiger charge is -2.06. The molecule has 0 aliphatic heterocycles. The first kappa shape index (κ1) is 14.9. The fraction of sp³-hybridized carbons (Fsp3) is 0.273. The van der Waals surface area contributed by atoms with E-state index >= 15 is 0 Å². The number of ether oxygens (including phenoxy) is 2. The van der Waals surface area contributed by atoms with Crippen LogP contribution in [-0.4, -0.2) is 36.2 Å². The molecule has 0 aliphatic carbocycles. The minimum absolute atomic E-state index is 0.0294. The molecule has 0 unspecified atom stereocenters. The number of alkyl carbamates (subject to hydrolysis) is 1. The highest BCUT2D eigenvalue weighted by atomic mass is 35.5. The molecule has 0 aromatic carbocycles. The maximum Gasteiger partial charge on any atom is 0.413 e. The number of esters is 1. The Labute approximate surface area is 113 Å². The number of rotatable bonds is 4. The summed E-state index contributed by atoms with van der Waals surface area (Å²) in [6.07, 6.45) is 0.509. The predicted octanol–water partition coefficient (Wildman–Crippen LogP) is 1.16. The molecule has 2 amide bonds. The van der Waals surface area contributed by atoms with Gasteiger partial charge < -0.3 is 9.47 Å². The van der Waals surface area contributed by atoms with Gasteiger partial charge in [-0.2, -0.15) is 0 Å². The second-order valence-corrected chi connectivity index (χ2v) is 3.54. The van der Waals surface area contributed by atoms with E-state index in [4.69, 9.17) is 11.6 Å². The largest absolute Gasteiger partial charge is 0.452 e. The number of amides is 2. The lowest BCUT2D eigenvalue weighted by atomic mass is 10.3. The molecular formula is C11H11ClN2O5. The molecule has 0 bridgehead atoms. The van der Waals surface area contributed by atoms with E-state index in [1.54, 1.807) is 6.92 Å². The Kier molecular flexibility index (Phi) is 5.74. The van der Waals surface area contributed by atoms with E-state index in [1.165, 1.54) is 18.3 Å². The van der Waals surface area contributed by atoms with E-state index in [-0.39, 0.29) is 17.3 Å². The van der Waals surface area contributed by atoms with E-state index in [0.29, 0.717) is 0 Å². The first-order valence-corrected chi connectivity index (χ1v) is 5.66. The highest BCUT2D eigenvalue weighted by Gasteiger charge is 2.15. The first-order chi connectivity index (χ1) is 9.04. The molecule has 19 heavy (non-hydrogen) atoms. The molecule has 0 saturated heterocycles. The summed E-state index contributed by atoms with van der Waals surface area (Å²) in [5.41, 5.74) is 0.0353. The smallest absolute Gasteiger partial charge is 0.413 e. The molecule has 1 aromatic rings. The van der Waals surface area contributed by atoms with Gasteiger partial charge in [0.25, 0.3) is 5.91 Å². The zero-order valence-electron chi connectivity index (χ0n) is 10.0. The highest BCUT2D eigenvalue weighted by molar-refractivity contribution is 6.32. The zero-order valence-corrected chi connectivity index (χ0v) is 10.8. The molecule has 1 rings (SSSR count). The van der Waals surface area contributed by atoms with Gasteiger partial charge in [-0.1, -0.05) is 11.6 Å². The molecule has 0 radical (unpaired) electrons. The van der Waals surface area contributed by atoms with Gasteiger partial charge >= 0.3 is 12.1 Å². The van der Waals surface area contributed by atoms with Gasteiger partial charge in [0, 0.05) is 6.20 Å². The monoisotopic (exact) mass is 286 g/mol. The Morgan fingerprint density at radius 2 is 2.11 bits per heavy atom. The zero-order chi connectivity index (χ0) is 14.3. The molecule has 0 aliphatic rings. The fourth-order valence-corrected chi connectivity index (χ4v) is 1.26. The van der Waals surface area contributed by atoms with Gasteiger partial charge in [0.2, 0.25) is 0 Å². The number of imide groups is 1. The van der Waals surface area contributed by atoms with Crippen molar-refractivity contribution in [3.05, 3.63) is 29.0 Å². The number of nitrogens with zero attached hydrogens (tertiary/aromatic N) is 1. The van der Waals surface area contributed by atoms with Crippen molar-refractivity contribution < 1.29 is 23.9 Å². The van der Waals surface area contributed by atoms with Crippen LogP contribution < -0.4 is 5.32 Å². The quantitative estimate of drug-likeness (QED) is 0.659. The van der Waals surface area contributed by atoms with Gasteiger partial charge in [0.15, 0.2) is 6.61 Å². The number of halogens is 1. The second kappa shape index (κ2) is 7.32. The topological polar surface area (TPSA) is 94.6 Å². The van der Waals surface area contributed by atoms with Crippen molar-refractivity contribution in [1.29, 1.82) is 0 Å². The van der Waals surface area contributed by atoms with Crippen molar-refractivity contribution in [2.75, 3.05) is 13.2 Å². The van der Waals surface area contributed by atoms with E-state index < -0.39 is 24.6 Å². The predicted molar refractivity (Wildman–Crippen MR) is 64.7 cm³/mol. The summed E-state index contributed by atoms with van der Waals surface area (Å²) >= 11 is 5.67. The highest BCUT2D eigenvalue weighted by Crippen LogP contribution is 2.12. The molecule has 7 nitrogen and oxygen atoms in total. The normalized spacial score (nSPS) is 9.58. The third-order valence-corrected chi connectivity index (χ3v) is 2.13. The fourth-order valence-electron chi connectivity index (χ4n) is 1.06. The molecule has 8 heteroatoms. The lowest BCUT2D eigenvalue weighted by Crippen LogP contribution is -2.34. The van der Waals surface area contributed by atoms with E-state index in [0.717, 1.165) is 0 Å². The van der Waals surface area contributed by atoms with E-state index in [2.05, 4.69) is 14.5 Å². The van der Waals surface area contributed by atoms with Crippen LogP contribution in [0.4, 0.5) is 4.79 Å². The summed E-state index contributed by atoms with van der Waals surface area (Å²) in [6, 6.07) is 2.90. The SMILES string of the molecule is CCOC(=O)NC(=O)COC(=O)c1cccnc1Cl. The van der Waals surface area contributed by atoms with Crippen LogP contribution in [0.5, 0.6) is 0 Å². The molecule has 1 N–H and O–H groups in total. The number of carbonyl (C=O) groups is 3. The summed E-state index contributed by atoms with van der Waals surface area (Å²) in [4.78, 5) is 37.3. The Morgan fingerprint density at radius 3 is 2.74 bits per heavy atom. The summed E-state index contributed by atoms with van der Waals surface area (Å²) in [5, 5.41) is 1.85. The maximum atomic E-state index is 11.5. The van der Waals surface area contributed by atoms with Crippen molar-refractivity contribution in [3.63, 3.8) is 0 Å². The Bertz CT molecular complexity index is 492. The van der Waals surface area contributed by atoms with Gasteiger partial charge in [-0.05, 0) is 19.1 Å². The standard InChI is InChI=1S/C11H11ClN2O5/c1-2-18-11(17)14-8(15)6-19-10(16)7-4-3-5-13-9(7)12/h3-5H,2,6H2,1H3,(H,14,15,17). The van der Waals surface area contributed by atoms with Crippen LogP contribution in [-0.2, 0) is 14.3 Å². The van der Waals surface area contributed by atoms with Crippen LogP contribution in [0.2, 0.25) is 5.15 Å². The second-order valence-electron chi connectivity index (χ2n) is 3.19. The molecular weight excluding hydrogens is 276 g/mol. The number of nitrogens with one attached hydrogen (secondary N) is 1. The Hall–Kier alpha value is -2.15. The van der Waals surface area contributed by atoms with Crippen molar-refractivity contribution in [2.45, 2.75) is 6.92 Å². The van der Waals surface area contributed by atoms with Crippen LogP contribution in [0.3, 0.4) is 0 Å². The minimum atomic E-state index is -0.900. The molecule has 1 aromatic heterocycles. The number of hydrogen-bond acceptors (Lipinski definition) is 6. The number of pyridine rings is 1. The number of carbonyl (C=O) groups excluding carboxylic acids is 3. The number of aromatic nitrogens is 1. The molecule has 0 fully saturated rings. The number of hydrogen-bond donors (Lipinski definition) is 1. The average molecular weight is 287 g/mol. The van der Waals surface area contributed by atoms with Crippen LogP contribution in [0.15, 0.2) is 18.3 Å². The van der Waals surface area contributed by atoms with Crippen LogP contribution >= 0.6 is 11.6 Å². The van der Waals surface area contributed by atoms with Crippen molar-refractivity contribution >= 4 is 29.6 Å². The van der Waals surface area contributed by atoms with Crippen LogP contribution in [0, 0.1) is 0 Å². The van der Waals surface area contributed by atoms with Gasteiger partial charge in [0.05, 0.1) is 12.2 Å². The summed E-state index contributed by atoms with van der Waals surface area (Å²) in [5.74, 6) is -1.61. The third-order valence-electron chi connectivity index (χ3n) is 1.83. The molecule has 1 heterocycles. The lowest BCUT2D eigenvalue weighted by molar-refractivity contribution is -0.123. The summed E-state index contributed by atoms with van der Waals surface area (Å²) < 4.78 is 9.15. The maximum absolute atomic E-state index is 11.5. The average Bonchev–Trinajstić information content (AvgIpc) is 2.36. The van der Waals surface area contributed by atoms with E-state index in [1.807, 2.05) is 5.32 Å². The van der Waals surface area contributed by atoms with Crippen LogP contribution in [0.1, 0.15) is 17.3 Å². The van der Waals surface area contributed by atoms with Crippen LogP contribution in [0.25, 0.3) is 0 Å². The van der Waals surface area contributed by atoms with Gasteiger partial charge in [0.1, 0.15) is 5.15 Å². The summed E-state index contributed by atoms with van der Waals surface area (Å²) in [7, 11) is 0. The Balaban J connectivity index is 2.45. The first-order valence-electron chi connectivity index (χ1n) is 5.28. The molecule has 0 saturated carbocycles. The van der Waals surface area contributed by atoms with Gasteiger partial charge in [-0.25, -0.2) is 14.6 Å². The van der Waals surface area contributed by atoms with Crippen molar-refractivity contribution in [2.24, 2.45) is 0 Å². The molecule has 0 spiro atoms. The van der Waals surface area contributed by atoms with Crippen molar-refractivity contribution in [3.8, 4) is 0 Å². The van der Waals surface area contributed by atoms with Gasteiger partial charge in [-0.15, -0.1) is 0 Å².